The Balaban J connectivity index is 1.46. The van der Waals surface area contributed by atoms with E-state index < -0.39 is 16.7 Å². The largest absolute Gasteiger partial charge is 0.467 e. The second kappa shape index (κ2) is 8.52. The Morgan fingerprint density at radius 2 is 2.06 bits per heavy atom. The van der Waals surface area contributed by atoms with E-state index in [0.717, 1.165) is 25.7 Å². The van der Waals surface area contributed by atoms with Gasteiger partial charge in [0.1, 0.15) is 6.04 Å². The lowest BCUT2D eigenvalue weighted by molar-refractivity contribution is -0.384. The van der Waals surface area contributed by atoms with Crippen molar-refractivity contribution < 1.29 is 23.7 Å². The summed E-state index contributed by atoms with van der Waals surface area (Å²) in [5.41, 5.74) is 0.429. The Morgan fingerprint density at radius 3 is 2.81 bits per heavy atom. The average molecular weight is 431 g/mol. The summed E-state index contributed by atoms with van der Waals surface area (Å²) in [5, 5.41) is 10.9. The van der Waals surface area contributed by atoms with Gasteiger partial charge in [-0.1, -0.05) is 12.8 Å². The maximum absolute atomic E-state index is 13.1. The predicted octanol–water partition coefficient (Wildman–Crippen LogP) is 2.62. The second-order valence-electron chi connectivity index (χ2n) is 8.22. The van der Waals surface area contributed by atoms with Crippen LogP contribution in [0.25, 0.3) is 11.1 Å². The standard InChI is InChI=1S/C21H25N3O7/c1-30-20(26)17-11-13-5-2-3-6-15(13)23(17)19(25)7-4-10-22-16-9-8-14(24(28)29)12-18(16)31-21(22)27/h8-9,12-13,15,17H,2-7,10-11H2,1H3/t13-,15-,17+/m1/s1. The van der Waals surface area contributed by atoms with Crippen LogP contribution in [0, 0.1) is 16.0 Å². The van der Waals surface area contributed by atoms with E-state index in [1.807, 2.05) is 0 Å². The number of aryl methyl sites for hydroxylation is 1. The molecule has 1 aromatic heterocycles. The topological polar surface area (TPSA) is 125 Å². The number of oxazole rings is 1. The van der Waals surface area contributed by atoms with Gasteiger partial charge in [-0.25, -0.2) is 9.59 Å². The van der Waals surface area contributed by atoms with E-state index in [0.29, 0.717) is 24.3 Å². The molecule has 3 atom stereocenters. The van der Waals surface area contributed by atoms with Crippen LogP contribution in [0.3, 0.4) is 0 Å². The fourth-order valence-corrected chi connectivity index (χ4v) is 5.06. The molecule has 0 radical (unpaired) electrons. The molecule has 2 aliphatic rings. The van der Waals surface area contributed by atoms with E-state index in [-0.39, 0.29) is 42.2 Å². The molecule has 0 spiro atoms. The number of methoxy groups -OCH3 is 1. The number of fused-ring (bicyclic) bond motifs is 2. The number of nitrogens with zero attached hydrogens (tertiary/aromatic N) is 3. The lowest BCUT2D eigenvalue weighted by Crippen LogP contribution is -2.46. The molecule has 0 unspecified atom stereocenters. The lowest BCUT2D eigenvalue weighted by atomic mass is 9.84. The van der Waals surface area contributed by atoms with Gasteiger partial charge in [-0.3, -0.25) is 19.5 Å². The van der Waals surface area contributed by atoms with E-state index in [9.17, 15) is 24.5 Å². The average Bonchev–Trinajstić information content (AvgIpc) is 3.30. The number of nitro groups is 1. The predicted molar refractivity (Wildman–Crippen MR) is 109 cm³/mol. The van der Waals surface area contributed by atoms with E-state index in [2.05, 4.69) is 0 Å². The van der Waals surface area contributed by atoms with Crippen LogP contribution < -0.4 is 5.76 Å². The Labute approximate surface area is 177 Å². The van der Waals surface area contributed by atoms with Crippen LogP contribution in [-0.2, 0) is 20.9 Å². The van der Waals surface area contributed by atoms with Crippen molar-refractivity contribution in [2.45, 2.75) is 63.6 Å². The number of carbonyl (C=O) groups is 2. The van der Waals surface area contributed by atoms with Crippen molar-refractivity contribution in [3.63, 3.8) is 0 Å². The summed E-state index contributed by atoms with van der Waals surface area (Å²) < 4.78 is 11.4. The molecule has 31 heavy (non-hydrogen) atoms. The summed E-state index contributed by atoms with van der Waals surface area (Å²) >= 11 is 0. The molecule has 1 saturated heterocycles. The Bertz CT molecular complexity index is 1070. The maximum Gasteiger partial charge on any atom is 0.419 e. The molecule has 166 valence electrons. The van der Waals surface area contributed by atoms with Gasteiger partial charge in [0.25, 0.3) is 5.69 Å². The summed E-state index contributed by atoms with van der Waals surface area (Å²) in [7, 11) is 1.34. The van der Waals surface area contributed by atoms with Gasteiger partial charge in [-0.05, 0) is 37.7 Å². The number of aromatic nitrogens is 1. The first-order valence-corrected chi connectivity index (χ1v) is 10.6. The minimum Gasteiger partial charge on any atom is -0.467 e. The fraction of sp³-hybridized carbons (Fsp3) is 0.571. The number of hydrogen-bond donors (Lipinski definition) is 0. The molecule has 2 heterocycles. The van der Waals surface area contributed by atoms with E-state index in [1.165, 1.54) is 29.9 Å². The van der Waals surface area contributed by atoms with Gasteiger partial charge in [-0.15, -0.1) is 0 Å². The summed E-state index contributed by atoms with van der Waals surface area (Å²) in [6.45, 7) is 0.236. The summed E-state index contributed by atoms with van der Waals surface area (Å²) in [5.74, 6) is -0.774. The zero-order valence-corrected chi connectivity index (χ0v) is 17.3. The first kappa shape index (κ1) is 21.1. The number of ether oxygens (including phenoxy) is 1. The van der Waals surface area contributed by atoms with Crippen molar-refractivity contribution in [2.75, 3.05) is 7.11 Å². The number of benzene rings is 1. The number of esters is 1. The number of hydrogen-bond acceptors (Lipinski definition) is 7. The molecule has 10 nitrogen and oxygen atoms in total. The number of likely N-dealkylation sites (tertiary alicyclic amines) is 1. The molecule has 4 rings (SSSR count). The van der Waals surface area contributed by atoms with Crippen LogP contribution >= 0.6 is 0 Å². The van der Waals surface area contributed by atoms with Gasteiger partial charge >= 0.3 is 11.7 Å². The summed E-state index contributed by atoms with van der Waals surface area (Å²) in [6, 6.07) is 3.53. The van der Waals surface area contributed by atoms with Crippen LogP contribution in [0.2, 0.25) is 0 Å². The van der Waals surface area contributed by atoms with Crippen molar-refractivity contribution in [3.8, 4) is 0 Å². The van der Waals surface area contributed by atoms with Gasteiger partial charge in [0.15, 0.2) is 5.58 Å². The highest BCUT2D eigenvalue weighted by atomic mass is 16.6. The van der Waals surface area contributed by atoms with Gasteiger partial charge in [0.2, 0.25) is 5.91 Å². The van der Waals surface area contributed by atoms with Crippen LogP contribution in [0.1, 0.15) is 44.9 Å². The smallest absolute Gasteiger partial charge is 0.419 e. The zero-order valence-electron chi connectivity index (χ0n) is 17.3. The van der Waals surface area contributed by atoms with Crippen LogP contribution in [0.15, 0.2) is 27.4 Å². The molecule has 2 aromatic rings. The Kier molecular flexibility index (Phi) is 5.79. The molecule has 1 saturated carbocycles. The van der Waals surface area contributed by atoms with Crippen LogP contribution in [0.4, 0.5) is 5.69 Å². The minimum atomic E-state index is -0.621. The quantitative estimate of drug-likeness (QED) is 0.391. The molecule has 1 aromatic carbocycles. The number of rotatable bonds is 6. The molecule has 1 amide bonds. The first-order valence-electron chi connectivity index (χ1n) is 10.6. The second-order valence-corrected chi connectivity index (χ2v) is 8.22. The normalized spacial score (nSPS) is 23.0. The van der Waals surface area contributed by atoms with Gasteiger partial charge in [0, 0.05) is 25.1 Å². The maximum atomic E-state index is 13.1. The monoisotopic (exact) mass is 431 g/mol. The summed E-state index contributed by atoms with van der Waals surface area (Å²) in [4.78, 5) is 49.6. The molecule has 10 heteroatoms. The number of carbonyl (C=O) groups excluding carboxylic acids is 2. The molecular formula is C21H25N3O7. The van der Waals surface area contributed by atoms with Crippen LogP contribution in [0.5, 0.6) is 0 Å². The van der Waals surface area contributed by atoms with Gasteiger partial charge in [0.05, 0.1) is 23.6 Å². The molecular weight excluding hydrogens is 406 g/mol. The van der Waals surface area contributed by atoms with E-state index >= 15 is 0 Å². The third-order valence-corrected chi connectivity index (χ3v) is 6.48. The van der Waals surface area contributed by atoms with Crippen molar-refractivity contribution in [2.24, 2.45) is 5.92 Å². The van der Waals surface area contributed by atoms with E-state index in [4.69, 9.17) is 9.15 Å². The molecule has 1 aliphatic carbocycles. The van der Waals surface area contributed by atoms with Crippen molar-refractivity contribution in [1.82, 2.24) is 9.47 Å². The molecule has 1 aliphatic heterocycles. The fourth-order valence-electron chi connectivity index (χ4n) is 5.06. The Hall–Kier alpha value is -3.17. The van der Waals surface area contributed by atoms with Gasteiger partial charge in [-0.2, -0.15) is 0 Å². The first-order chi connectivity index (χ1) is 14.9. The third kappa shape index (κ3) is 3.94. The third-order valence-electron chi connectivity index (χ3n) is 6.48. The van der Waals surface area contributed by atoms with Crippen molar-refractivity contribution in [3.05, 3.63) is 38.9 Å². The number of nitro benzene ring substituents is 1. The van der Waals surface area contributed by atoms with E-state index in [1.54, 1.807) is 4.90 Å². The zero-order chi connectivity index (χ0) is 22.1. The molecule has 0 bridgehead atoms. The summed E-state index contributed by atoms with van der Waals surface area (Å²) in [6.07, 6.45) is 5.29. The van der Waals surface area contributed by atoms with Crippen LogP contribution in [-0.4, -0.2) is 45.5 Å². The minimum absolute atomic E-state index is 0.0726. The number of non-ortho nitro benzene ring substituents is 1. The molecule has 2 fully saturated rings. The van der Waals surface area contributed by atoms with Crippen molar-refractivity contribution >= 4 is 28.7 Å². The number of amides is 1. The highest BCUT2D eigenvalue weighted by Crippen LogP contribution is 2.40. The van der Waals surface area contributed by atoms with Crippen molar-refractivity contribution in [1.29, 1.82) is 0 Å². The SMILES string of the molecule is COC(=O)[C@@H]1C[C@H]2CCCC[C@H]2N1C(=O)CCCn1c(=O)oc2cc([N+](=O)[O-])ccc21. The van der Waals surface area contributed by atoms with Gasteiger partial charge < -0.3 is 14.1 Å². The highest BCUT2D eigenvalue weighted by Gasteiger charge is 2.47. The highest BCUT2D eigenvalue weighted by molar-refractivity contribution is 5.85. The Morgan fingerprint density at radius 1 is 1.29 bits per heavy atom. The lowest BCUT2D eigenvalue weighted by Gasteiger charge is -2.33. The molecule has 0 N–H and O–H groups in total.